The van der Waals surface area contributed by atoms with E-state index in [9.17, 15) is 0 Å². The lowest BCUT2D eigenvalue weighted by molar-refractivity contribution is 0.218. The van der Waals surface area contributed by atoms with Gasteiger partial charge in [-0.2, -0.15) is 0 Å². The van der Waals surface area contributed by atoms with Gasteiger partial charge in [0.15, 0.2) is 0 Å². The monoisotopic (exact) mass is 246 g/mol. The van der Waals surface area contributed by atoms with Gasteiger partial charge in [0.05, 0.1) is 6.61 Å². The summed E-state index contributed by atoms with van der Waals surface area (Å²) in [5.41, 5.74) is 1.35. The highest BCUT2D eigenvalue weighted by molar-refractivity contribution is 5.35. The van der Waals surface area contributed by atoms with Gasteiger partial charge in [-0.15, -0.1) is 0 Å². The quantitative estimate of drug-likeness (QED) is 0.748. The first kappa shape index (κ1) is 12.0. The molecule has 1 aliphatic carbocycles. The third-order valence-electron chi connectivity index (χ3n) is 3.70. The molecule has 1 aromatic carbocycles. The molecule has 0 amide bonds. The fourth-order valence-corrected chi connectivity index (χ4v) is 2.48. The minimum Gasteiger partial charge on any atom is -0.493 e. The van der Waals surface area contributed by atoms with Crippen LogP contribution in [0.3, 0.4) is 0 Å². The van der Waals surface area contributed by atoms with Crippen LogP contribution in [0.15, 0.2) is 24.3 Å². The Hall–Kier alpha value is -1.06. The molecule has 3 heteroatoms. The van der Waals surface area contributed by atoms with Gasteiger partial charge >= 0.3 is 0 Å². The molecule has 1 unspecified atom stereocenters. The van der Waals surface area contributed by atoms with E-state index < -0.39 is 0 Å². The second-order valence-corrected chi connectivity index (χ2v) is 5.42. The normalized spacial score (nSPS) is 22.3. The van der Waals surface area contributed by atoms with Gasteiger partial charge in [-0.3, -0.25) is 0 Å². The van der Waals surface area contributed by atoms with E-state index in [4.69, 9.17) is 4.74 Å². The van der Waals surface area contributed by atoms with E-state index in [-0.39, 0.29) is 0 Å². The maximum Gasteiger partial charge on any atom is 0.122 e. The van der Waals surface area contributed by atoms with E-state index in [2.05, 4.69) is 28.8 Å². The Kier molecular flexibility index (Phi) is 3.81. The van der Waals surface area contributed by atoms with Crippen molar-refractivity contribution in [1.82, 2.24) is 10.6 Å². The number of ether oxygens (including phenoxy) is 1. The molecule has 0 bridgehead atoms. The van der Waals surface area contributed by atoms with Crippen LogP contribution in [0.4, 0.5) is 0 Å². The predicted molar refractivity (Wildman–Crippen MR) is 73.0 cm³/mol. The van der Waals surface area contributed by atoms with Crippen molar-refractivity contribution >= 4 is 0 Å². The fraction of sp³-hybridized carbons (Fsp3) is 0.600. The van der Waals surface area contributed by atoms with E-state index in [1.54, 1.807) is 0 Å². The largest absolute Gasteiger partial charge is 0.493 e. The van der Waals surface area contributed by atoms with Crippen molar-refractivity contribution in [2.75, 3.05) is 26.2 Å². The molecule has 1 aromatic rings. The smallest absolute Gasteiger partial charge is 0.122 e. The zero-order valence-corrected chi connectivity index (χ0v) is 10.8. The van der Waals surface area contributed by atoms with E-state index >= 15 is 0 Å². The number of para-hydroxylation sites is 1. The summed E-state index contributed by atoms with van der Waals surface area (Å²) in [5, 5.41) is 7.04. The molecular weight excluding hydrogens is 224 g/mol. The van der Waals surface area contributed by atoms with Crippen molar-refractivity contribution in [3.05, 3.63) is 29.8 Å². The Morgan fingerprint density at radius 3 is 2.94 bits per heavy atom. The Morgan fingerprint density at radius 2 is 2.06 bits per heavy atom. The molecule has 3 rings (SSSR count). The van der Waals surface area contributed by atoms with Crippen molar-refractivity contribution in [3.8, 4) is 5.75 Å². The van der Waals surface area contributed by atoms with E-state index in [1.807, 2.05) is 6.07 Å². The first-order chi connectivity index (χ1) is 8.92. The second kappa shape index (κ2) is 5.72. The molecule has 18 heavy (non-hydrogen) atoms. The summed E-state index contributed by atoms with van der Waals surface area (Å²) in [5.74, 6) is 1.69. The lowest BCUT2D eigenvalue weighted by atomic mass is 9.97. The maximum absolute atomic E-state index is 5.79. The lowest BCUT2D eigenvalue weighted by Gasteiger charge is -2.25. The van der Waals surface area contributed by atoms with Crippen LogP contribution in [-0.2, 0) is 6.42 Å². The molecule has 1 heterocycles. The zero-order valence-electron chi connectivity index (χ0n) is 10.8. The van der Waals surface area contributed by atoms with E-state index in [0.29, 0.717) is 5.92 Å². The van der Waals surface area contributed by atoms with Crippen molar-refractivity contribution in [2.24, 2.45) is 5.92 Å². The predicted octanol–water partition coefficient (Wildman–Crippen LogP) is 1.58. The number of hydrogen-bond donors (Lipinski definition) is 2. The fourth-order valence-electron chi connectivity index (χ4n) is 2.48. The number of fused-ring (bicyclic) bond motifs is 1. The van der Waals surface area contributed by atoms with Crippen LogP contribution in [0.5, 0.6) is 5.75 Å². The highest BCUT2D eigenvalue weighted by Crippen LogP contribution is 2.26. The van der Waals surface area contributed by atoms with Crippen LogP contribution in [0.2, 0.25) is 0 Å². The van der Waals surface area contributed by atoms with Crippen LogP contribution in [0.1, 0.15) is 18.4 Å². The summed E-state index contributed by atoms with van der Waals surface area (Å²) < 4.78 is 5.79. The molecule has 2 N–H and O–H groups in total. The standard InChI is InChI=1S/C15H22N2O/c1-2-4-15-13(3-1)9-12(11-18-15)10-16-7-8-17-14-5-6-14/h1-4,12,14,16-17H,5-11H2. The van der Waals surface area contributed by atoms with Crippen LogP contribution < -0.4 is 15.4 Å². The lowest BCUT2D eigenvalue weighted by Crippen LogP contribution is -2.35. The molecule has 0 aromatic heterocycles. The second-order valence-electron chi connectivity index (χ2n) is 5.42. The minimum atomic E-state index is 0.612. The summed E-state index contributed by atoms with van der Waals surface area (Å²) in [4.78, 5) is 0. The molecule has 98 valence electrons. The molecule has 1 atom stereocenters. The highest BCUT2D eigenvalue weighted by Gasteiger charge is 2.20. The molecule has 3 nitrogen and oxygen atoms in total. The summed E-state index contributed by atoms with van der Waals surface area (Å²) in [6.07, 6.45) is 3.87. The number of benzene rings is 1. The number of nitrogens with one attached hydrogen (secondary N) is 2. The van der Waals surface area contributed by atoms with Gasteiger partial charge in [0, 0.05) is 31.6 Å². The van der Waals surface area contributed by atoms with Gasteiger partial charge in [-0.05, 0) is 30.9 Å². The molecule has 0 saturated heterocycles. The number of rotatable bonds is 6. The van der Waals surface area contributed by atoms with Crippen LogP contribution in [0, 0.1) is 5.92 Å². The first-order valence-electron chi connectivity index (χ1n) is 7.06. The van der Waals surface area contributed by atoms with Gasteiger partial charge in [0.1, 0.15) is 5.75 Å². The molecule has 1 aliphatic heterocycles. The number of hydrogen-bond acceptors (Lipinski definition) is 3. The topological polar surface area (TPSA) is 33.3 Å². The summed E-state index contributed by atoms with van der Waals surface area (Å²) in [7, 11) is 0. The van der Waals surface area contributed by atoms with Crippen LogP contribution in [-0.4, -0.2) is 32.3 Å². The van der Waals surface area contributed by atoms with Gasteiger partial charge in [0.25, 0.3) is 0 Å². The Bertz CT molecular complexity index is 390. The van der Waals surface area contributed by atoms with Crippen molar-refractivity contribution in [1.29, 1.82) is 0 Å². The zero-order chi connectivity index (χ0) is 12.2. The van der Waals surface area contributed by atoms with Gasteiger partial charge in [-0.1, -0.05) is 18.2 Å². The maximum atomic E-state index is 5.79. The SMILES string of the molecule is c1ccc2c(c1)CC(CNCCNC1CC1)CO2. The van der Waals surface area contributed by atoms with E-state index in [0.717, 1.165) is 44.5 Å². The van der Waals surface area contributed by atoms with Crippen molar-refractivity contribution in [2.45, 2.75) is 25.3 Å². The first-order valence-corrected chi connectivity index (χ1v) is 7.06. The van der Waals surface area contributed by atoms with Gasteiger partial charge in [-0.25, -0.2) is 0 Å². The van der Waals surface area contributed by atoms with Crippen LogP contribution in [0.25, 0.3) is 0 Å². The molecular formula is C15H22N2O. The third-order valence-corrected chi connectivity index (χ3v) is 3.70. The molecule has 2 aliphatic rings. The van der Waals surface area contributed by atoms with E-state index in [1.165, 1.54) is 18.4 Å². The third kappa shape index (κ3) is 3.24. The summed E-state index contributed by atoms with van der Waals surface area (Å²) in [6, 6.07) is 9.20. The van der Waals surface area contributed by atoms with Crippen molar-refractivity contribution in [3.63, 3.8) is 0 Å². The van der Waals surface area contributed by atoms with Gasteiger partial charge < -0.3 is 15.4 Å². The van der Waals surface area contributed by atoms with Crippen molar-refractivity contribution < 1.29 is 4.74 Å². The molecule has 0 radical (unpaired) electrons. The molecule has 1 saturated carbocycles. The average molecular weight is 246 g/mol. The molecule has 1 fully saturated rings. The average Bonchev–Trinajstić information content (AvgIpc) is 3.22. The molecule has 0 spiro atoms. The Morgan fingerprint density at radius 1 is 1.17 bits per heavy atom. The summed E-state index contributed by atoms with van der Waals surface area (Å²) >= 11 is 0. The Labute approximate surface area is 109 Å². The summed E-state index contributed by atoms with van der Waals surface area (Å²) in [6.45, 7) is 4.06. The Balaban J connectivity index is 1.36. The van der Waals surface area contributed by atoms with Crippen LogP contribution >= 0.6 is 0 Å². The van der Waals surface area contributed by atoms with Gasteiger partial charge in [0.2, 0.25) is 0 Å². The highest BCUT2D eigenvalue weighted by atomic mass is 16.5. The minimum absolute atomic E-state index is 0.612.